The summed E-state index contributed by atoms with van der Waals surface area (Å²) in [5, 5.41) is 11.5. The van der Waals surface area contributed by atoms with Crippen LogP contribution in [0.5, 0.6) is 11.5 Å². The van der Waals surface area contributed by atoms with Crippen molar-refractivity contribution in [3.8, 4) is 11.5 Å². The summed E-state index contributed by atoms with van der Waals surface area (Å²) >= 11 is 0. The molecular weight excluding hydrogens is 339 g/mol. The summed E-state index contributed by atoms with van der Waals surface area (Å²) in [4.78, 5) is 27.1. The molecule has 2 N–H and O–H groups in total. The molecule has 0 unspecified atom stereocenters. The van der Waals surface area contributed by atoms with Gasteiger partial charge in [0, 0.05) is 0 Å². The molecule has 3 aromatic rings. The van der Waals surface area contributed by atoms with E-state index in [1.54, 1.807) is 24.3 Å². The highest BCUT2D eigenvalue weighted by molar-refractivity contribution is 6.06. The number of ether oxygens (including phenoxy) is 1. The van der Waals surface area contributed by atoms with Crippen LogP contribution in [-0.4, -0.2) is 22.0 Å². The van der Waals surface area contributed by atoms with Crippen LogP contribution in [-0.2, 0) is 0 Å². The highest BCUT2D eigenvalue weighted by Gasteiger charge is 2.14. The number of carbonyl (C=O) groups excluding carboxylic acids is 1. The number of hydrogen-bond donors (Lipinski definition) is 2. The second-order valence-electron chi connectivity index (χ2n) is 5.24. The molecule has 2 aromatic carbocycles. The Bertz CT molecular complexity index is 941. The zero-order chi connectivity index (χ0) is 18.5. The Hall–Kier alpha value is -3.74. The molecular formula is C19H13FN2O4. The summed E-state index contributed by atoms with van der Waals surface area (Å²) in [6.45, 7) is 0. The van der Waals surface area contributed by atoms with Gasteiger partial charge < -0.3 is 15.2 Å². The Morgan fingerprint density at radius 2 is 1.73 bits per heavy atom. The van der Waals surface area contributed by atoms with Gasteiger partial charge >= 0.3 is 5.97 Å². The van der Waals surface area contributed by atoms with E-state index in [-0.39, 0.29) is 17.1 Å². The molecule has 0 aliphatic rings. The number of carboxylic acid groups (broad SMARTS) is 1. The Morgan fingerprint density at radius 3 is 2.38 bits per heavy atom. The van der Waals surface area contributed by atoms with Crippen molar-refractivity contribution >= 4 is 17.6 Å². The number of nitrogens with one attached hydrogen (secondary N) is 1. The van der Waals surface area contributed by atoms with Crippen molar-refractivity contribution < 1.29 is 23.8 Å². The number of para-hydroxylation sites is 1. The SMILES string of the molecule is O=C(O)c1ccc(NC(=O)c2ccccc2Oc2ccc(F)cc2)cn1. The lowest BCUT2D eigenvalue weighted by Gasteiger charge is -2.11. The number of carboxylic acids is 1. The van der Waals surface area contributed by atoms with E-state index < -0.39 is 11.9 Å². The summed E-state index contributed by atoms with van der Waals surface area (Å²) in [6.07, 6.45) is 1.25. The van der Waals surface area contributed by atoms with E-state index in [1.165, 1.54) is 42.6 Å². The van der Waals surface area contributed by atoms with E-state index in [2.05, 4.69) is 10.3 Å². The first-order chi connectivity index (χ1) is 12.5. The Balaban J connectivity index is 1.79. The fraction of sp³-hybridized carbons (Fsp3) is 0. The smallest absolute Gasteiger partial charge is 0.354 e. The highest BCUT2D eigenvalue weighted by atomic mass is 19.1. The van der Waals surface area contributed by atoms with Gasteiger partial charge in [0.25, 0.3) is 5.91 Å². The normalized spacial score (nSPS) is 10.2. The number of pyridine rings is 1. The topological polar surface area (TPSA) is 88.5 Å². The van der Waals surface area contributed by atoms with Crippen LogP contribution in [0.2, 0.25) is 0 Å². The fourth-order valence-electron chi connectivity index (χ4n) is 2.17. The number of anilines is 1. The van der Waals surface area contributed by atoms with Crippen molar-refractivity contribution in [3.05, 3.63) is 83.9 Å². The lowest BCUT2D eigenvalue weighted by molar-refractivity contribution is 0.0690. The van der Waals surface area contributed by atoms with Crippen molar-refractivity contribution in [2.75, 3.05) is 5.32 Å². The zero-order valence-corrected chi connectivity index (χ0v) is 13.3. The molecule has 0 radical (unpaired) electrons. The summed E-state index contributed by atoms with van der Waals surface area (Å²) < 4.78 is 18.6. The molecule has 0 spiro atoms. The van der Waals surface area contributed by atoms with Gasteiger partial charge in [-0.3, -0.25) is 4.79 Å². The van der Waals surface area contributed by atoms with Gasteiger partial charge in [0.2, 0.25) is 0 Å². The van der Waals surface area contributed by atoms with Crippen LogP contribution in [0.1, 0.15) is 20.8 Å². The van der Waals surface area contributed by atoms with Crippen molar-refractivity contribution in [2.45, 2.75) is 0 Å². The van der Waals surface area contributed by atoms with Gasteiger partial charge in [-0.25, -0.2) is 14.2 Å². The maximum absolute atomic E-state index is 13.0. The Labute approximate surface area is 147 Å². The molecule has 0 bridgehead atoms. The Morgan fingerprint density at radius 1 is 1.00 bits per heavy atom. The number of rotatable bonds is 5. The quantitative estimate of drug-likeness (QED) is 0.725. The molecule has 6 nitrogen and oxygen atoms in total. The van der Waals surface area contributed by atoms with Gasteiger partial charge in [-0.15, -0.1) is 0 Å². The molecule has 130 valence electrons. The van der Waals surface area contributed by atoms with E-state index in [0.717, 1.165) is 0 Å². The van der Waals surface area contributed by atoms with E-state index in [1.807, 2.05) is 0 Å². The van der Waals surface area contributed by atoms with Gasteiger partial charge in [0.05, 0.1) is 17.4 Å². The molecule has 3 rings (SSSR count). The predicted molar refractivity (Wildman–Crippen MR) is 92.1 cm³/mol. The van der Waals surface area contributed by atoms with Gasteiger partial charge in [0.15, 0.2) is 0 Å². The lowest BCUT2D eigenvalue weighted by atomic mass is 10.2. The minimum Gasteiger partial charge on any atom is -0.477 e. The van der Waals surface area contributed by atoms with Crippen molar-refractivity contribution in [1.29, 1.82) is 0 Å². The Kier molecular flexibility index (Phi) is 4.89. The van der Waals surface area contributed by atoms with E-state index in [4.69, 9.17) is 9.84 Å². The van der Waals surface area contributed by atoms with E-state index >= 15 is 0 Å². The third-order valence-electron chi connectivity index (χ3n) is 3.41. The summed E-state index contributed by atoms with van der Waals surface area (Å²) in [6, 6.07) is 14.7. The van der Waals surface area contributed by atoms with Crippen molar-refractivity contribution in [1.82, 2.24) is 4.98 Å². The molecule has 26 heavy (non-hydrogen) atoms. The summed E-state index contributed by atoms with van der Waals surface area (Å²) in [5.74, 6) is -1.31. The molecule has 1 heterocycles. The molecule has 1 amide bonds. The summed E-state index contributed by atoms with van der Waals surface area (Å²) in [5.41, 5.74) is 0.485. The molecule has 7 heteroatoms. The maximum atomic E-state index is 13.0. The second-order valence-corrected chi connectivity index (χ2v) is 5.24. The van der Waals surface area contributed by atoms with Crippen molar-refractivity contribution in [2.24, 2.45) is 0 Å². The number of amides is 1. The molecule has 0 atom stereocenters. The zero-order valence-electron chi connectivity index (χ0n) is 13.3. The number of aromatic carboxylic acids is 1. The lowest BCUT2D eigenvalue weighted by Crippen LogP contribution is -2.13. The number of hydrogen-bond acceptors (Lipinski definition) is 4. The second kappa shape index (κ2) is 7.43. The fourth-order valence-corrected chi connectivity index (χ4v) is 2.17. The first-order valence-electron chi connectivity index (χ1n) is 7.56. The van der Waals surface area contributed by atoms with E-state index in [0.29, 0.717) is 17.2 Å². The number of aromatic nitrogens is 1. The molecule has 0 saturated heterocycles. The minimum atomic E-state index is -1.15. The van der Waals surface area contributed by atoms with Crippen molar-refractivity contribution in [3.63, 3.8) is 0 Å². The number of benzene rings is 2. The van der Waals surface area contributed by atoms with E-state index in [9.17, 15) is 14.0 Å². The van der Waals surface area contributed by atoms with Crippen LogP contribution in [0.25, 0.3) is 0 Å². The van der Waals surface area contributed by atoms with Crippen LogP contribution in [0.3, 0.4) is 0 Å². The highest BCUT2D eigenvalue weighted by Crippen LogP contribution is 2.26. The van der Waals surface area contributed by atoms with Crippen LogP contribution in [0.4, 0.5) is 10.1 Å². The standard InChI is InChI=1S/C19H13FN2O4/c20-12-5-8-14(9-6-12)26-17-4-2-1-3-15(17)18(23)22-13-7-10-16(19(24)25)21-11-13/h1-11H,(H,22,23)(H,24,25). The number of halogens is 1. The minimum absolute atomic E-state index is 0.122. The van der Waals surface area contributed by atoms with Crippen LogP contribution in [0.15, 0.2) is 66.9 Å². The monoisotopic (exact) mass is 352 g/mol. The molecule has 0 aliphatic carbocycles. The average Bonchev–Trinajstić information content (AvgIpc) is 2.64. The van der Waals surface area contributed by atoms with Gasteiger partial charge in [0.1, 0.15) is 23.0 Å². The van der Waals surface area contributed by atoms with Gasteiger partial charge in [-0.05, 0) is 48.5 Å². The van der Waals surface area contributed by atoms with Crippen LogP contribution in [0, 0.1) is 5.82 Å². The van der Waals surface area contributed by atoms with Crippen LogP contribution < -0.4 is 10.1 Å². The third-order valence-corrected chi connectivity index (χ3v) is 3.41. The molecule has 0 saturated carbocycles. The third kappa shape index (κ3) is 4.02. The first-order valence-corrected chi connectivity index (χ1v) is 7.56. The first kappa shape index (κ1) is 17.1. The van der Waals surface area contributed by atoms with Gasteiger partial charge in [-0.1, -0.05) is 12.1 Å². The largest absolute Gasteiger partial charge is 0.477 e. The molecule has 0 aliphatic heterocycles. The van der Waals surface area contributed by atoms with Crippen LogP contribution >= 0.6 is 0 Å². The maximum Gasteiger partial charge on any atom is 0.354 e. The predicted octanol–water partition coefficient (Wildman–Crippen LogP) is 3.96. The number of nitrogens with zero attached hydrogens (tertiary/aromatic N) is 1. The molecule has 1 aromatic heterocycles. The summed E-state index contributed by atoms with van der Waals surface area (Å²) in [7, 11) is 0. The molecule has 0 fully saturated rings. The number of carbonyl (C=O) groups is 2. The average molecular weight is 352 g/mol. The van der Waals surface area contributed by atoms with Gasteiger partial charge in [-0.2, -0.15) is 0 Å².